The van der Waals surface area contributed by atoms with Crippen LogP contribution in [0.2, 0.25) is 0 Å². The number of carbonyl (C=O) groups excluding carboxylic acids is 2. The summed E-state index contributed by atoms with van der Waals surface area (Å²) < 4.78 is 33.8. The molecule has 5 heterocycles. The minimum absolute atomic E-state index is 0.104. The van der Waals surface area contributed by atoms with Gasteiger partial charge in [0, 0.05) is 31.6 Å². The summed E-state index contributed by atoms with van der Waals surface area (Å²) >= 11 is 0. The highest BCUT2D eigenvalue weighted by Gasteiger charge is 2.41. The second-order valence-corrected chi connectivity index (χ2v) is 10.1. The summed E-state index contributed by atoms with van der Waals surface area (Å²) in [6, 6.07) is -0.240. The highest BCUT2D eigenvalue weighted by Crippen LogP contribution is 2.30. The first-order chi connectivity index (χ1) is 18.7. The van der Waals surface area contributed by atoms with Gasteiger partial charge in [-0.05, 0) is 6.08 Å². The SMILES string of the molecule is C=CC(=O)N1CC(NC(=O)CNc2nc(N3CCOCC3)nc3c2ncn3-c2cnn(C(F)F)c2)C(C)(C)C1. The number of likely N-dealkylation sites (tertiary alicyclic amines) is 1. The molecule has 2 aliphatic rings. The lowest BCUT2D eigenvalue weighted by Crippen LogP contribution is -2.46. The molecule has 1 unspecified atom stereocenters. The number of amides is 2. The number of halogens is 2. The van der Waals surface area contributed by atoms with Crippen LogP contribution in [0.1, 0.15) is 20.4 Å². The van der Waals surface area contributed by atoms with Crippen molar-refractivity contribution < 1.29 is 23.1 Å². The fraction of sp³-hybridized carbons (Fsp3) is 0.500. The van der Waals surface area contributed by atoms with Crippen molar-refractivity contribution in [3.8, 4) is 5.69 Å². The number of carbonyl (C=O) groups is 2. The molecule has 2 fully saturated rings. The van der Waals surface area contributed by atoms with Crippen LogP contribution in [0.25, 0.3) is 16.9 Å². The van der Waals surface area contributed by atoms with E-state index in [0.717, 1.165) is 0 Å². The monoisotopic (exact) mass is 544 g/mol. The molecule has 15 heteroatoms. The Labute approximate surface area is 222 Å². The highest BCUT2D eigenvalue weighted by molar-refractivity contribution is 5.89. The zero-order chi connectivity index (χ0) is 27.7. The van der Waals surface area contributed by atoms with Gasteiger partial charge in [-0.1, -0.05) is 20.4 Å². The zero-order valence-electron chi connectivity index (χ0n) is 21.7. The molecule has 0 aromatic carbocycles. The van der Waals surface area contributed by atoms with E-state index in [1.54, 1.807) is 9.47 Å². The first-order valence-electron chi connectivity index (χ1n) is 12.5. The summed E-state index contributed by atoms with van der Waals surface area (Å²) in [6.07, 6.45) is 5.22. The Bertz CT molecular complexity index is 1380. The van der Waals surface area contributed by atoms with Gasteiger partial charge < -0.3 is 25.2 Å². The van der Waals surface area contributed by atoms with Crippen LogP contribution in [0.5, 0.6) is 0 Å². The first-order valence-corrected chi connectivity index (χ1v) is 12.5. The molecule has 0 spiro atoms. The number of nitrogens with one attached hydrogen (secondary N) is 2. The molecule has 0 saturated carbocycles. The number of hydrogen-bond acceptors (Lipinski definition) is 9. The van der Waals surface area contributed by atoms with E-state index >= 15 is 0 Å². The van der Waals surface area contributed by atoms with Gasteiger partial charge in [-0.3, -0.25) is 14.2 Å². The Kier molecular flexibility index (Phi) is 7.16. The third-order valence-corrected chi connectivity index (χ3v) is 6.93. The van der Waals surface area contributed by atoms with Crippen molar-refractivity contribution in [3.05, 3.63) is 31.4 Å². The standard InChI is InChI=1S/C24H30F2N10O3/c1-4-18(38)34-12-16(24(2,3)13-34)30-17(37)10-27-20-19-21(32-23(31-20)33-5-7-39-8-6-33)35(14-28-19)15-9-29-36(11-15)22(25)26/h4,9,11,14,16,22H,1,5-8,10,12-13H2,2-3H3,(H,30,37)(H,27,31,32). The van der Waals surface area contributed by atoms with E-state index in [1.165, 1.54) is 24.8 Å². The van der Waals surface area contributed by atoms with Crippen LogP contribution in [0.15, 0.2) is 31.4 Å². The van der Waals surface area contributed by atoms with Crippen LogP contribution in [-0.2, 0) is 14.3 Å². The molecule has 1 atom stereocenters. The lowest BCUT2D eigenvalue weighted by atomic mass is 9.88. The molecule has 13 nitrogen and oxygen atoms in total. The molecule has 2 saturated heterocycles. The molecule has 0 aliphatic carbocycles. The van der Waals surface area contributed by atoms with Gasteiger partial charge in [-0.25, -0.2) is 9.67 Å². The summed E-state index contributed by atoms with van der Waals surface area (Å²) in [5, 5.41) is 9.78. The smallest absolute Gasteiger partial charge is 0.333 e. The molecule has 3 aromatic rings. The highest BCUT2D eigenvalue weighted by atomic mass is 19.3. The number of ether oxygens (including phenoxy) is 1. The summed E-state index contributed by atoms with van der Waals surface area (Å²) in [4.78, 5) is 42.3. The summed E-state index contributed by atoms with van der Waals surface area (Å²) in [6.45, 7) is 7.69. The predicted octanol–water partition coefficient (Wildman–Crippen LogP) is 1.19. The van der Waals surface area contributed by atoms with Crippen LogP contribution < -0.4 is 15.5 Å². The van der Waals surface area contributed by atoms with Crippen molar-refractivity contribution in [3.63, 3.8) is 0 Å². The zero-order valence-corrected chi connectivity index (χ0v) is 21.7. The van der Waals surface area contributed by atoms with Crippen molar-refractivity contribution in [2.45, 2.75) is 26.4 Å². The maximum atomic E-state index is 13.1. The summed E-state index contributed by atoms with van der Waals surface area (Å²) in [5.41, 5.74) is 0.782. The van der Waals surface area contributed by atoms with Crippen molar-refractivity contribution >= 4 is 34.7 Å². The molecular formula is C24H30F2N10O3. The van der Waals surface area contributed by atoms with Crippen LogP contribution >= 0.6 is 0 Å². The third-order valence-electron chi connectivity index (χ3n) is 6.93. The second kappa shape index (κ2) is 10.6. The lowest BCUT2D eigenvalue weighted by molar-refractivity contribution is -0.125. The molecular weight excluding hydrogens is 514 g/mol. The van der Waals surface area contributed by atoms with Gasteiger partial charge in [0.15, 0.2) is 17.0 Å². The van der Waals surface area contributed by atoms with Crippen LogP contribution in [0.4, 0.5) is 20.5 Å². The normalized spacial score (nSPS) is 19.1. The van der Waals surface area contributed by atoms with Crippen molar-refractivity contribution in [2.75, 3.05) is 56.2 Å². The van der Waals surface area contributed by atoms with E-state index in [0.29, 0.717) is 72.7 Å². The first kappa shape index (κ1) is 26.5. The van der Waals surface area contributed by atoms with E-state index < -0.39 is 6.55 Å². The molecule has 208 valence electrons. The number of anilines is 2. The second-order valence-electron chi connectivity index (χ2n) is 10.1. The maximum Gasteiger partial charge on any atom is 0.333 e. The number of aromatic nitrogens is 6. The molecule has 3 aromatic heterocycles. The fourth-order valence-electron chi connectivity index (χ4n) is 4.75. The Morgan fingerprint density at radius 3 is 2.74 bits per heavy atom. The average molecular weight is 545 g/mol. The van der Waals surface area contributed by atoms with Crippen molar-refractivity contribution in [1.29, 1.82) is 0 Å². The Hall–Kier alpha value is -4.14. The topological polar surface area (TPSA) is 135 Å². The largest absolute Gasteiger partial charge is 0.378 e. The summed E-state index contributed by atoms with van der Waals surface area (Å²) in [7, 11) is 0. The van der Waals surface area contributed by atoms with Gasteiger partial charge in [0.05, 0.1) is 43.9 Å². The maximum absolute atomic E-state index is 13.1. The average Bonchev–Trinajstić information content (AvgIpc) is 3.64. The van der Waals surface area contributed by atoms with E-state index in [1.807, 2.05) is 18.7 Å². The van der Waals surface area contributed by atoms with Crippen molar-refractivity contribution in [1.82, 2.24) is 39.5 Å². The van der Waals surface area contributed by atoms with E-state index in [2.05, 4.69) is 37.3 Å². The number of morpholine rings is 1. The molecule has 2 aliphatic heterocycles. The predicted molar refractivity (Wildman–Crippen MR) is 138 cm³/mol. The van der Waals surface area contributed by atoms with E-state index in [4.69, 9.17) is 4.74 Å². The number of imidazole rings is 1. The van der Waals surface area contributed by atoms with Crippen LogP contribution in [0, 0.1) is 5.41 Å². The third kappa shape index (κ3) is 5.39. The lowest BCUT2D eigenvalue weighted by Gasteiger charge is -2.27. The minimum Gasteiger partial charge on any atom is -0.378 e. The quantitative estimate of drug-likeness (QED) is 0.401. The number of fused-ring (bicyclic) bond motifs is 1. The van der Waals surface area contributed by atoms with Gasteiger partial charge in [0.1, 0.15) is 6.33 Å². The van der Waals surface area contributed by atoms with E-state index in [-0.39, 0.29) is 29.8 Å². The molecule has 2 amide bonds. The fourth-order valence-corrected chi connectivity index (χ4v) is 4.75. The molecule has 39 heavy (non-hydrogen) atoms. The van der Waals surface area contributed by atoms with Gasteiger partial charge in [-0.15, -0.1) is 0 Å². The van der Waals surface area contributed by atoms with Crippen molar-refractivity contribution in [2.24, 2.45) is 5.41 Å². The molecule has 5 rings (SSSR count). The Morgan fingerprint density at radius 1 is 1.28 bits per heavy atom. The number of nitrogens with zero attached hydrogens (tertiary/aromatic N) is 8. The Balaban J connectivity index is 1.38. The van der Waals surface area contributed by atoms with Gasteiger partial charge in [0.25, 0.3) is 0 Å². The number of hydrogen-bond donors (Lipinski definition) is 2. The minimum atomic E-state index is -2.78. The van der Waals surface area contributed by atoms with Gasteiger partial charge in [0.2, 0.25) is 17.8 Å². The molecule has 0 radical (unpaired) electrons. The van der Waals surface area contributed by atoms with Gasteiger partial charge >= 0.3 is 6.55 Å². The number of alkyl halides is 2. The Morgan fingerprint density at radius 2 is 2.05 bits per heavy atom. The van der Waals surface area contributed by atoms with Crippen LogP contribution in [-0.4, -0.2) is 98.0 Å². The molecule has 2 N–H and O–H groups in total. The van der Waals surface area contributed by atoms with Crippen LogP contribution in [0.3, 0.4) is 0 Å². The van der Waals surface area contributed by atoms with Gasteiger partial charge in [-0.2, -0.15) is 23.8 Å². The molecule has 0 bridgehead atoms. The number of rotatable bonds is 8. The summed E-state index contributed by atoms with van der Waals surface area (Å²) in [5.74, 6) is 0.267. The van der Waals surface area contributed by atoms with E-state index in [9.17, 15) is 18.4 Å².